The van der Waals surface area contributed by atoms with Gasteiger partial charge in [0.1, 0.15) is 5.69 Å². The van der Waals surface area contributed by atoms with Gasteiger partial charge in [0.25, 0.3) is 5.69 Å². The molecule has 1 N–H and O–H groups in total. The van der Waals surface area contributed by atoms with E-state index in [0.29, 0.717) is 5.69 Å². The van der Waals surface area contributed by atoms with Crippen molar-refractivity contribution in [3.05, 3.63) is 88.0 Å². The van der Waals surface area contributed by atoms with Crippen molar-refractivity contribution in [2.75, 3.05) is 5.32 Å². The number of benzene rings is 3. The van der Waals surface area contributed by atoms with Crippen molar-refractivity contribution in [1.82, 2.24) is 0 Å². The Bertz CT molecular complexity index is 1010. The molecule has 0 saturated carbocycles. The summed E-state index contributed by atoms with van der Waals surface area (Å²) in [5, 5.41) is 15.0. The van der Waals surface area contributed by atoms with Gasteiger partial charge in [0.05, 0.1) is 4.92 Å². The Morgan fingerprint density at radius 3 is 2.22 bits per heavy atom. The second-order valence-electron chi connectivity index (χ2n) is 7.00. The fourth-order valence-electron chi connectivity index (χ4n) is 4.43. The fourth-order valence-corrected chi connectivity index (χ4v) is 4.43. The van der Waals surface area contributed by atoms with Crippen LogP contribution in [0.5, 0.6) is 0 Å². The quantitative estimate of drug-likeness (QED) is 0.422. The molecule has 0 atom stereocenters. The van der Waals surface area contributed by atoms with Crippen LogP contribution in [-0.2, 0) is 5.41 Å². The van der Waals surface area contributed by atoms with Crippen LogP contribution in [0.1, 0.15) is 37.8 Å². The van der Waals surface area contributed by atoms with Crippen molar-refractivity contribution >= 4 is 17.1 Å². The molecular weight excluding hydrogens is 336 g/mol. The van der Waals surface area contributed by atoms with E-state index in [4.69, 9.17) is 0 Å². The van der Waals surface area contributed by atoms with Crippen molar-refractivity contribution < 1.29 is 4.92 Å². The molecule has 0 aromatic heterocycles. The number of hydrogen-bond acceptors (Lipinski definition) is 3. The molecule has 0 bridgehead atoms. The topological polar surface area (TPSA) is 55.2 Å². The number of nitrogens with zero attached hydrogens (tertiary/aromatic N) is 1. The van der Waals surface area contributed by atoms with E-state index in [9.17, 15) is 10.1 Å². The molecule has 4 nitrogen and oxygen atoms in total. The smallest absolute Gasteiger partial charge is 0.293 e. The zero-order valence-electron chi connectivity index (χ0n) is 15.5. The fraction of sp³-hybridized carbons (Fsp3) is 0.217. The highest BCUT2D eigenvalue weighted by atomic mass is 16.6. The first kappa shape index (κ1) is 17.3. The number of para-hydroxylation sites is 1. The second kappa shape index (κ2) is 6.54. The van der Waals surface area contributed by atoms with E-state index in [0.717, 1.165) is 29.7 Å². The van der Waals surface area contributed by atoms with Crippen LogP contribution in [0.2, 0.25) is 0 Å². The number of hydrogen-bond donors (Lipinski definition) is 1. The Morgan fingerprint density at radius 2 is 1.56 bits per heavy atom. The van der Waals surface area contributed by atoms with Crippen molar-refractivity contribution in [3.8, 4) is 11.1 Å². The molecule has 3 aromatic carbocycles. The molecule has 0 spiro atoms. The van der Waals surface area contributed by atoms with Crippen molar-refractivity contribution in [2.24, 2.45) is 0 Å². The first-order valence-corrected chi connectivity index (χ1v) is 9.35. The van der Waals surface area contributed by atoms with Gasteiger partial charge in [-0.2, -0.15) is 0 Å². The molecule has 4 rings (SSSR count). The summed E-state index contributed by atoms with van der Waals surface area (Å²) in [7, 11) is 0. The molecule has 0 saturated heterocycles. The maximum Gasteiger partial charge on any atom is 0.293 e. The normalized spacial score (nSPS) is 13.7. The van der Waals surface area contributed by atoms with Crippen LogP contribution in [0, 0.1) is 10.1 Å². The van der Waals surface area contributed by atoms with E-state index in [1.165, 1.54) is 11.1 Å². The minimum Gasteiger partial charge on any atom is -0.350 e. The maximum atomic E-state index is 11.8. The van der Waals surface area contributed by atoms with Gasteiger partial charge >= 0.3 is 0 Å². The Morgan fingerprint density at radius 1 is 0.889 bits per heavy atom. The van der Waals surface area contributed by atoms with Gasteiger partial charge in [-0.15, -0.1) is 0 Å². The first-order valence-electron chi connectivity index (χ1n) is 9.35. The van der Waals surface area contributed by atoms with Gasteiger partial charge < -0.3 is 5.32 Å². The van der Waals surface area contributed by atoms with E-state index in [2.05, 4.69) is 37.4 Å². The van der Waals surface area contributed by atoms with E-state index in [1.54, 1.807) is 6.07 Å². The van der Waals surface area contributed by atoms with Crippen molar-refractivity contribution in [1.29, 1.82) is 0 Å². The van der Waals surface area contributed by atoms with Gasteiger partial charge in [0.2, 0.25) is 0 Å². The number of nitrogens with one attached hydrogen (secondary N) is 1. The van der Waals surface area contributed by atoms with Crippen LogP contribution in [0.4, 0.5) is 17.1 Å². The van der Waals surface area contributed by atoms with Crippen LogP contribution >= 0.6 is 0 Å². The van der Waals surface area contributed by atoms with E-state index in [-0.39, 0.29) is 16.0 Å². The zero-order valence-corrected chi connectivity index (χ0v) is 15.5. The summed E-state index contributed by atoms with van der Waals surface area (Å²) < 4.78 is 0. The molecule has 27 heavy (non-hydrogen) atoms. The van der Waals surface area contributed by atoms with Crippen LogP contribution in [0.3, 0.4) is 0 Å². The van der Waals surface area contributed by atoms with Crippen molar-refractivity contribution in [2.45, 2.75) is 32.1 Å². The number of fused-ring (bicyclic) bond motifs is 3. The van der Waals surface area contributed by atoms with Gasteiger partial charge in [0, 0.05) is 17.2 Å². The minimum atomic E-state index is -0.300. The molecule has 0 unspecified atom stereocenters. The lowest BCUT2D eigenvalue weighted by atomic mass is 9.74. The molecule has 0 radical (unpaired) electrons. The Hall–Kier alpha value is -3.14. The molecule has 0 aliphatic heterocycles. The average molecular weight is 358 g/mol. The summed E-state index contributed by atoms with van der Waals surface area (Å²) in [5.74, 6) is 0. The lowest BCUT2D eigenvalue weighted by Crippen LogP contribution is -2.23. The highest BCUT2D eigenvalue weighted by Gasteiger charge is 2.41. The number of nitro groups is 1. The SMILES string of the molecule is CCC1(CC)c2ccccc2-c2cc([N+](=O)[O-])c(Nc3ccccc3)cc21. The summed E-state index contributed by atoms with van der Waals surface area (Å²) in [5.41, 5.74) is 5.95. The maximum absolute atomic E-state index is 11.8. The van der Waals surface area contributed by atoms with Gasteiger partial charge in [-0.05, 0) is 53.3 Å². The Labute approximate surface area is 159 Å². The Kier molecular flexibility index (Phi) is 4.19. The molecule has 4 heteroatoms. The first-order chi connectivity index (χ1) is 13.1. The minimum absolute atomic E-state index is 0.103. The average Bonchev–Trinajstić information content (AvgIpc) is 2.97. The standard InChI is InChI=1S/C23H22N2O2/c1-3-23(4-2)19-13-9-8-12-17(19)18-14-22(25(26)27)21(15-20(18)23)24-16-10-6-5-7-11-16/h5-15,24H,3-4H2,1-2H3. The predicted octanol–water partition coefficient (Wildman–Crippen LogP) is 6.42. The molecule has 0 fully saturated rings. The molecule has 0 amide bonds. The van der Waals surface area contributed by atoms with Gasteiger partial charge in [-0.1, -0.05) is 56.3 Å². The van der Waals surface area contributed by atoms with E-state index >= 15 is 0 Å². The Balaban J connectivity index is 1.95. The molecule has 3 aromatic rings. The highest BCUT2D eigenvalue weighted by Crippen LogP contribution is 2.54. The summed E-state index contributed by atoms with van der Waals surface area (Å²) in [4.78, 5) is 11.5. The molecule has 136 valence electrons. The largest absolute Gasteiger partial charge is 0.350 e. The third-order valence-corrected chi connectivity index (χ3v) is 5.84. The number of anilines is 2. The summed E-state index contributed by atoms with van der Waals surface area (Å²) in [6, 6.07) is 21.6. The summed E-state index contributed by atoms with van der Waals surface area (Å²) in [6.07, 6.45) is 1.91. The van der Waals surface area contributed by atoms with Crippen LogP contribution in [0.15, 0.2) is 66.7 Å². The van der Waals surface area contributed by atoms with Crippen LogP contribution in [-0.4, -0.2) is 4.92 Å². The lowest BCUT2D eigenvalue weighted by Gasteiger charge is -2.29. The van der Waals surface area contributed by atoms with Gasteiger partial charge in [0.15, 0.2) is 0 Å². The second-order valence-corrected chi connectivity index (χ2v) is 7.00. The third-order valence-electron chi connectivity index (χ3n) is 5.84. The number of nitro benzene ring substituents is 1. The molecule has 0 heterocycles. The summed E-state index contributed by atoms with van der Waals surface area (Å²) in [6.45, 7) is 4.39. The molecule has 1 aliphatic rings. The number of rotatable bonds is 5. The highest BCUT2D eigenvalue weighted by molar-refractivity contribution is 5.87. The third kappa shape index (κ3) is 2.60. The van der Waals surface area contributed by atoms with Gasteiger partial charge in [-0.3, -0.25) is 10.1 Å². The lowest BCUT2D eigenvalue weighted by molar-refractivity contribution is -0.383. The van der Waals surface area contributed by atoms with E-state index < -0.39 is 0 Å². The van der Waals surface area contributed by atoms with Crippen LogP contribution < -0.4 is 5.32 Å². The van der Waals surface area contributed by atoms with Gasteiger partial charge in [-0.25, -0.2) is 0 Å². The monoisotopic (exact) mass is 358 g/mol. The van der Waals surface area contributed by atoms with Crippen LogP contribution in [0.25, 0.3) is 11.1 Å². The van der Waals surface area contributed by atoms with E-state index in [1.807, 2.05) is 42.5 Å². The summed E-state index contributed by atoms with van der Waals surface area (Å²) >= 11 is 0. The molecule has 1 aliphatic carbocycles. The zero-order chi connectivity index (χ0) is 19.0. The molecular formula is C23H22N2O2. The predicted molar refractivity (Wildman–Crippen MR) is 110 cm³/mol. The van der Waals surface area contributed by atoms with Crippen molar-refractivity contribution in [3.63, 3.8) is 0 Å².